The second-order valence-corrected chi connectivity index (χ2v) is 7.63. The molecule has 28 heavy (non-hydrogen) atoms. The summed E-state index contributed by atoms with van der Waals surface area (Å²) in [5.74, 6) is 0. The van der Waals surface area contributed by atoms with Crippen LogP contribution >= 0.6 is 0 Å². The van der Waals surface area contributed by atoms with Crippen LogP contribution in [0.25, 0.3) is 0 Å². The number of rotatable bonds is 5. The number of ether oxygens (including phenoxy) is 1. The Kier molecular flexibility index (Phi) is 6.70. The van der Waals surface area contributed by atoms with Gasteiger partial charge in [-0.05, 0) is 56.5 Å². The fourth-order valence-electron chi connectivity index (χ4n) is 3.69. The van der Waals surface area contributed by atoms with Crippen molar-refractivity contribution in [1.29, 1.82) is 0 Å². The summed E-state index contributed by atoms with van der Waals surface area (Å²) < 4.78 is 5.43. The van der Waals surface area contributed by atoms with Gasteiger partial charge in [0.1, 0.15) is 0 Å². The first kappa shape index (κ1) is 20.4. The van der Waals surface area contributed by atoms with Crippen LogP contribution < -0.4 is 10.6 Å². The van der Waals surface area contributed by atoms with E-state index in [4.69, 9.17) is 4.74 Å². The Labute approximate surface area is 168 Å². The predicted octanol–water partition coefficient (Wildman–Crippen LogP) is 4.58. The Hall–Kier alpha value is -2.37. The Morgan fingerprint density at radius 1 is 1.04 bits per heavy atom. The molecule has 5 nitrogen and oxygen atoms in total. The topological polar surface area (TPSA) is 53.6 Å². The van der Waals surface area contributed by atoms with Crippen molar-refractivity contribution in [3.63, 3.8) is 0 Å². The molecule has 2 N–H and O–H groups in total. The Bertz CT molecular complexity index is 798. The molecule has 5 heteroatoms. The van der Waals surface area contributed by atoms with Crippen LogP contribution in [0.15, 0.2) is 42.5 Å². The minimum atomic E-state index is -0.192. The molecular weight excluding hydrogens is 350 g/mol. The van der Waals surface area contributed by atoms with E-state index in [0.29, 0.717) is 6.04 Å². The van der Waals surface area contributed by atoms with Crippen molar-refractivity contribution in [2.45, 2.75) is 39.8 Å². The Morgan fingerprint density at radius 2 is 1.71 bits per heavy atom. The first-order valence-corrected chi connectivity index (χ1v) is 10.0. The van der Waals surface area contributed by atoms with Crippen LogP contribution in [-0.2, 0) is 4.74 Å². The number of amides is 2. The van der Waals surface area contributed by atoms with E-state index in [-0.39, 0.29) is 12.1 Å². The second kappa shape index (κ2) is 9.22. The van der Waals surface area contributed by atoms with Crippen LogP contribution in [0.4, 0.5) is 10.5 Å². The number of aryl methyl sites for hydroxylation is 2. The molecule has 0 aromatic heterocycles. The standard InChI is InChI=1S/C23H31N3O2/c1-16-5-6-17(2)22(15-16)18(3)24-23(27)25-21-9-7-20(8-10-21)19(4)26-11-13-28-14-12-26/h5-10,15,18-19H,11-14H2,1-4H3,(H2,24,25,27). The fraction of sp³-hybridized carbons (Fsp3) is 0.435. The number of hydrogen-bond acceptors (Lipinski definition) is 3. The quantitative estimate of drug-likeness (QED) is 0.797. The van der Waals surface area contributed by atoms with Gasteiger partial charge in [-0.25, -0.2) is 4.79 Å². The molecule has 1 heterocycles. The minimum absolute atomic E-state index is 0.0551. The lowest BCUT2D eigenvalue weighted by molar-refractivity contribution is 0.0198. The van der Waals surface area contributed by atoms with E-state index < -0.39 is 0 Å². The molecular formula is C23H31N3O2. The molecule has 1 aliphatic heterocycles. The number of carbonyl (C=O) groups excluding carboxylic acids is 1. The summed E-state index contributed by atoms with van der Waals surface area (Å²) in [6, 6.07) is 14.5. The number of carbonyl (C=O) groups is 1. The number of anilines is 1. The minimum Gasteiger partial charge on any atom is -0.379 e. The highest BCUT2D eigenvalue weighted by Gasteiger charge is 2.18. The molecule has 1 saturated heterocycles. The van der Waals surface area contributed by atoms with Crippen molar-refractivity contribution in [3.05, 3.63) is 64.7 Å². The first-order chi connectivity index (χ1) is 13.4. The van der Waals surface area contributed by atoms with Crippen LogP contribution in [0.5, 0.6) is 0 Å². The van der Waals surface area contributed by atoms with E-state index in [9.17, 15) is 4.79 Å². The first-order valence-electron chi connectivity index (χ1n) is 10.0. The lowest BCUT2D eigenvalue weighted by Gasteiger charge is -2.32. The monoisotopic (exact) mass is 381 g/mol. The highest BCUT2D eigenvalue weighted by Crippen LogP contribution is 2.23. The van der Waals surface area contributed by atoms with Gasteiger partial charge >= 0.3 is 6.03 Å². The molecule has 0 spiro atoms. The number of hydrogen-bond donors (Lipinski definition) is 2. The van der Waals surface area contributed by atoms with E-state index in [0.717, 1.165) is 37.6 Å². The predicted molar refractivity (Wildman–Crippen MR) is 114 cm³/mol. The Morgan fingerprint density at radius 3 is 2.39 bits per heavy atom. The molecule has 2 amide bonds. The number of nitrogens with one attached hydrogen (secondary N) is 2. The summed E-state index contributed by atoms with van der Waals surface area (Å²) in [6.45, 7) is 11.9. The van der Waals surface area contributed by atoms with Gasteiger partial charge in [-0.3, -0.25) is 4.90 Å². The van der Waals surface area contributed by atoms with Gasteiger partial charge in [-0.1, -0.05) is 35.9 Å². The maximum Gasteiger partial charge on any atom is 0.319 e. The largest absolute Gasteiger partial charge is 0.379 e. The van der Waals surface area contributed by atoms with Crippen molar-refractivity contribution in [1.82, 2.24) is 10.2 Å². The summed E-state index contributed by atoms with van der Waals surface area (Å²) in [5.41, 5.74) is 5.56. The zero-order chi connectivity index (χ0) is 20.1. The van der Waals surface area contributed by atoms with Crippen molar-refractivity contribution < 1.29 is 9.53 Å². The fourth-order valence-corrected chi connectivity index (χ4v) is 3.69. The average molecular weight is 382 g/mol. The van der Waals surface area contributed by atoms with E-state index in [1.807, 2.05) is 19.1 Å². The summed E-state index contributed by atoms with van der Waals surface area (Å²) in [6.07, 6.45) is 0. The van der Waals surface area contributed by atoms with Crippen LogP contribution in [0.2, 0.25) is 0 Å². The lowest BCUT2D eigenvalue weighted by atomic mass is 10.0. The Balaban J connectivity index is 1.57. The maximum atomic E-state index is 12.4. The summed E-state index contributed by atoms with van der Waals surface area (Å²) in [5, 5.41) is 5.97. The van der Waals surface area contributed by atoms with Crippen LogP contribution in [0.3, 0.4) is 0 Å². The SMILES string of the molecule is Cc1ccc(C)c(C(C)NC(=O)Nc2ccc(C(C)N3CCOCC3)cc2)c1. The molecule has 2 aromatic rings. The van der Waals surface area contributed by atoms with E-state index >= 15 is 0 Å². The van der Waals surface area contributed by atoms with Gasteiger partial charge in [0.2, 0.25) is 0 Å². The van der Waals surface area contributed by atoms with Gasteiger partial charge in [0.15, 0.2) is 0 Å². The van der Waals surface area contributed by atoms with Gasteiger partial charge in [0, 0.05) is 24.8 Å². The van der Waals surface area contributed by atoms with Crippen LogP contribution in [0, 0.1) is 13.8 Å². The number of morpholine rings is 1. The zero-order valence-corrected chi connectivity index (χ0v) is 17.3. The molecule has 0 bridgehead atoms. The normalized spacial score (nSPS) is 17.0. The van der Waals surface area contributed by atoms with Crippen LogP contribution in [0.1, 0.15) is 48.2 Å². The van der Waals surface area contributed by atoms with Crippen molar-refractivity contribution in [2.24, 2.45) is 0 Å². The smallest absolute Gasteiger partial charge is 0.319 e. The molecule has 150 valence electrons. The molecule has 0 aliphatic carbocycles. The molecule has 0 saturated carbocycles. The van der Waals surface area contributed by atoms with Crippen molar-refractivity contribution >= 4 is 11.7 Å². The maximum absolute atomic E-state index is 12.4. The third-order valence-electron chi connectivity index (χ3n) is 5.49. The molecule has 2 aromatic carbocycles. The summed E-state index contributed by atoms with van der Waals surface area (Å²) >= 11 is 0. The second-order valence-electron chi connectivity index (χ2n) is 7.63. The molecule has 2 unspecified atom stereocenters. The van der Waals surface area contributed by atoms with Gasteiger partial charge < -0.3 is 15.4 Å². The highest BCUT2D eigenvalue weighted by atomic mass is 16.5. The summed E-state index contributed by atoms with van der Waals surface area (Å²) in [4.78, 5) is 14.8. The molecule has 1 fully saturated rings. The molecule has 3 rings (SSSR count). The van der Waals surface area contributed by atoms with Crippen molar-refractivity contribution in [2.75, 3.05) is 31.6 Å². The number of urea groups is 1. The molecule has 2 atom stereocenters. The summed E-state index contributed by atoms with van der Waals surface area (Å²) in [7, 11) is 0. The van der Waals surface area contributed by atoms with E-state index in [1.165, 1.54) is 16.7 Å². The third kappa shape index (κ3) is 5.12. The van der Waals surface area contributed by atoms with Gasteiger partial charge in [-0.2, -0.15) is 0 Å². The lowest BCUT2D eigenvalue weighted by Crippen LogP contribution is -2.38. The van der Waals surface area contributed by atoms with E-state index in [1.54, 1.807) is 0 Å². The van der Waals surface area contributed by atoms with Crippen molar-refractivity contribution in [3.8, 4) is 0 Å². The zero-order valence-electron chi connectivity index (χ0n) is 17.3. The van der Waals surface area contributed by atoms with E-state index in [2.05, 4.69) is 66.6 Å². The molecule has 0 radical (unpaired) electrons. The van der Waals surface area contributed by atoms with Gasteiger partial charge in [0.25, 0.3) is 0 Å². The van der Waals surface area contributed by atoms with Crippen LogP contribution in [-0.4, -0.2) is 37.2 Å². The third-order valence-corrected chi connectivity index (χ3v) is 5.49. The number of nitrogens with zero attached hydrogens (tertiary/aromatic N) is 1. The molecule has 1 aliphatic rings. The van der Waals surface area contributed by atoms with Gasteiger partial charge in [-0.15, -0.1) is 0 Å². The highest BCUT2D eigenvalue weighted by molar-refractivity contribution is 5.89. The number of benzene rings is 2. The van der Waals surface area contributed by atoms with Gasteiger partial charge in [0.05, 0.1) is 19.3 Å². The average Bonchev–Trinajstić information content (AvgIpc) is 2.70.